The van der Waals surface area contributed by atoms with Crippen LogP contribution in [0, 0.1) is 5.82 Å². The van der Waals surface area contributed by atoms with Crippen LogP contribution in [0.1, 0.15) is 31.4 Å². The van der Waals surface area contributed by atoms with E-state index < -0.39 is 5.67 Å². The smallest absolute Gasteiger partial charge is 0.130 e. The van der Waals surface area contributed by atoms with Gasteiger partial charge in [0.1, 0.15) is 11.5 Å². The van der Waals surface area contributed by atoms with Gasteiger partial charge in [-0.05, 0) is 56.5 Å². The normalized spacial score (nSPS) is 11.8. The highest BCUT2D eigenvalue weighted by Crippen LogP contribution is 2.26. The number of halogens is 2. The molecule has 0 radical (unpaired) electrons. The maximum Gasteiger partial charge on any atom is 0.130 e. The lowest BCUT2D eigenvalue weighted by Crippen LogP contribution is -2.10. The molecule has 0 aromatic heterocycles. The summed E-state index contributed by atoms with van der Waals surface area (Å²) in [5.41, 5.74) is 4.98. The molecular formula is C12H17F2N. The Balaban J connectivity index is 2.95. The molecule has 1 aromatic rings. The van der Waals surface area contributed by atoms with Gasteiger partial charge in [-0.1, -0.05) is 6.07 Å². The number of nitrogens with two attached hydrogens (primary N) is 1. The first kappa shape index (κ1) is 12.1. The second kappa shape index (κ2) is 4.71. The van der Waals surface area contributed by atoms with Gasteiger partial charge in [0.05, 0.1) is 0 Å². The van der Waals surface area contributed by atoms with E-state index in [0.717, 1.165) is 0 Å². The lowest BCUT2D eigenvalue weighted by molar-refractivity contribution is 0.221. The molecule has 0 aliphatic carbocycles. The summed E-state index contributed by atoms with van der Waals surface area (Å²) >= 11 is 0. The van der Waals surface area contributed by atoms with Gasteiger partial charge in [-0.3, -0.25) is 0 Å². The zero-order valence-electron chi connectivity index (χ0n) is 9.19. The van der Waals surface area contributed by atoms with Gasteiger partial charge in [0.15, 0.2) is 0 Å². The van der Waals surface area contributed by atoms with Crippen molar-refractivity contribution in [3.8, 4) is 0 Å². The van der Waals surface area contributed by atoms with E-state index >= 15 is 0 Å². The summed E-state index contributed by atoms with van der Waals surface area (Å²) < 4.78 is 26.9. The van der Waals surface area contributed by atoms with Gasteiger partial charge in [-0.2, -0.15) is 0 Å². The Morgan fingerprint density at radius 2 is 2.00 bits per heavy atom. The Hall–Kier alpha value is -0.960. The van der Waals surface area contributed by atoms with Crippen molar-refractivity contribution >= 4 is 0 Å². The third-order valence-corrected chi connectivity index (χ3v) is 2.38. The summed E-state index contributed by atoms with van der Waals surface area (Å²) in [6.45, 7) is 3.45. The molecule has 1 aromatic carbocycles. The molecule has 0 spiro atoms. The minimum atomic E-state index is -1.43. The molecule has 0 unspecified atom stereocenters. The number of hydrogen-bond acceptors (Lipinski definition) is 1. The molecule has 0 heterocycles. The third kappa shape index (κ3) is 3.27. The molecular weight excluding hydrogens is 196 g/mol. The van der Waals surface area contributed by atoms with Crippen molar-refractivity contribution in [3.63, 3.8) is 0 Å². The average Bonchev–Trinajstić information content (AvgIpc) is 2.15. The van der Waals surface area contributed by atoms with Crippen molar-refractivity contribution < 1.29 is 8.78 Å². The quantitative estimate of drug-likeness (QED) is 0.817. The Bertz CT molecular complexity index is 329. The maximum absolute atomic E-state index is 13.6. The molecule has 3 heteroatoms. The van der Waals surface area contributed by atoms with Crippen molar-refractivity contribution in [1.29, 1.82) is 0 Å². The first-order valence-electron chi connectivity index (χ1n) is 5.13. The predicted octanol–water partition coefficient (Wildman–Crippen LogP) is 2.92. The van der Waals surface area contributed by atoms with Gasteiger partial charge in [0, 0.05) is 0 Å². The van der Waals surface area contributed by atoms with Gasteiger partial charge in [0.2, 0.25) is 0 Å². The molecule has 0 aliphatic rings. The predicted molar refractivity (Wildman–Crippen MR) is 57.9 cm³/mol. The zero-order chi connectivity index (χ0) is 11.5. The van der Waals surface area contributed by atoms with Crippen LogP contribution in [-0.2, 0) is 12.1 Å². The lowest BCUT2D eigenvalue weighted by Gasteiger charge is -2.16. The number of benzene rings is 1. The van der Waals surface area contributed by atoms with E-state index in [2.05, 4.69) is 0 Å². The lowest BCUT2D eigenvalue weighted by atomic mass is 9.96. The van der Waals surface area contributed by atoms with Gasteiger partial charge in [-0.25, -0.2) is 8.78 Å². The molecule has 2 N–H and O–H groups in total. The molecule has 0 aliphatic heterocycles. The number of rotatable bonds is 4. The minimum absolute atomic E-state index is 0.281. The third-order valence-electron chi connectivity index (χ3n) is 2.38. The van der Waals surface area contributed by atoms with Gasteiger partial charge in [0.25, 0.3) is 0 Å². The summed E-state index contributed by atoms with van der Waals surface area (Å²) in [6, 6.07) is 4.40. The fourth-order valence-electron chi connectivity index (χ4n) is 1.43. The summed E-state index contributed by atoms with van der Waals surface area (Å²) in [5.74, 6) is -0.281. The van der Waals surface area contributed by atoms with Crippen molar-refractivity contribution in [1.82, 2.24) is 0 Å². The summed E-state index contributed by atoms with van der Waals surface area (Å²) in [5, 5.41) is 0. The highest BCUT2D eigenvalue weighted by Gasteiger charge is 2.19. The van der Waals surface area contributed by atoms with Crippen molar-refractivity contribution in [2.45, 2.75) is 32.4 Å². The monoisotopic (exact) mass is 213 g/mol. The molecule has 15 heavy (non-hydrogen) atoms. The standard InChI is InChI=1S/C12H17F2N/c1-12(2,14)10-5-6-11(13)9(8-10)4-3-7-15/h5-6,8H,3-4,7,15H2,1-2H3. The Morgan fingerprint density at radius 3 is 2.53 bits per heavy atom. The molecule has 0 bridgehead atoms. The molecule has 0 atom stereocenters. The second-order valence-electron chi connectivity index (χ2n) is 4.17. The van der Waals surface area contributed by atoms with Crippen LogP contribution < -0.4 is 5.73 Å². The van der Waals surface area contributed by atoms with E-state index in [4.69, 9.17) is 5.73 Å². The first-order valence-corrected chi connectivity index (χ1v) is 5.13. The van der Waals surface area contributed by atoms with E-state index in [1.807, 2.05) is 0 Å². The maximum atomic E-state index is 13.6. The second-order valence-corrected chi connectivity index (χ2v) is 4.17. The molecule has 0 saturated carbocycles. The SMILES string of the molecule is CC(C)(F)c1ccc(F)c(CCCN)c1. The van der Waals surface area contributed by atoms with Gasteiger partial charge < -0.3 is 5.73 Å². The van der Waals surface area contributed by atoms with Crippen molar-refractivity contribution in [2.24, 2.45) is 5.73 Å². The van der Waals surface area contributed by atoms with Crippen LogP contribution in [-0.4, -0.2) is 6.54 Å². The molecule has 0 amide bonds. The molecule has 84 valence electrons. The van der Waals surface area contributed by atoms with Crippen LogP contribution in [0.15, 0.2) is 18.2 Å². The van der Waals surface area contributed by atoms with Gasteiger partial charge >= 0.3 is 0 Å². The van der Waals surface area contributed by atoms with E-state index in [1.54, 1.807) is 6.07 Å². The van der Waals surface area contributed by atoms with E-state index in [9.17, 15) is 8.78 Å². The van der Waals surface area contributed by atoms with Crippen molar-refractivity contribution in [2.75, 3.05) is 6.54 Å². The summed E-state index contributed by atoms with van der Waals surface area (Å²) in [6.07, 6.45) is 1.28. The summed E-state index contributed by atoms with van der Waals surface area (Å²) in [4.78, 5) is 0. The van der Waals surface area contributed by atoms with Crippen LogP contribution in [0.4, 0.5) is 8.78 Å². The molecule has 1 nitrogen and oxygen atoms in total. The average molecular weight is 213 g/mol. The van der Waals surface area contributed by atoms with Crippen LogP contribution in [0.2, 0.25) is 0 Å². The minimum Gasteiger partial charge on any atom is -0.330 e. The fraction of sp³-hybridized carbons (Fsp3) is 0.500. The zero-order valence-corrected chi connectivity index (χ0v) is 9.19. The number of alkyl halides is 1. The fourth-order valence-corrected chi connectivity index (χ4v) is 1.43. The van der Waals surface area contributed by atoms with Crippen LogP contribution >= 0.6 is 0 Å². The van der Waals surface area contributed by atoms with E-state index in [-0.39, 0.29) is 5.82 Å². The van der Waals surface area contributed by atoms with Crippen LogP contribution in [0.25, 0.3) is 0 Å². The number of aryl methyl sites for hydroxylation is 1. The summed E-state index contributed by atoms with van der Waals surface area (Å²) in [7, 11) is 0. The molecule has 0 fully saturated rings. The highest BCUT2D eigenvalue weighted by molar-refractivity contribution is 5.28. The first-order chi connectivity index (χ1) is 6.95. The topological polar surface area (TPSA) is 26.0 Å². The van der Waals surface area contributed by atoms with Crippen LogP contribution in [0.5, 0.6) is 0 Å². The van der Waals surface area contributed by atoms with E-state index in [0.29, 0.717) is 30.5 Å². The van der Waals surface area contributed by atoms with Crippen molar-refractivity contribution in [3.05, 3.63) is 35.1 Å². The Kier molecular flexibility index (Phi) is 3.80. The van der Waals surface area contributed by atoms with Crippen LogP contribution in [0.3, 0.4) is 0 Å². The Labute approximate surface area is 89.3 Å². The largest absolute Gasteiger partial charge is 0.330 e. The molecule has 1 rings (SSSR count). The number of hydrogen-bond donors (Lipinski definition) is 1. The molecule has 0 saturated heterocycles. The van der Waals surface area contributed by atoms with E-state index in [1.165, 1.54) is 26.0 Å². The van der Waals surface area contributed by atoms with Gasteiger partial charge in [-0.15, -0.1) is 0 Å². The highest BCUT2D eigenvalue weighted by atomic mass is 19.1. The Morgan fingerprint density at radius 1 is 1.33 bits per heavy atom.